The highest BCUT2D eigenvalue weighted by Crippen LogP contribution is 2.28. The van der Waals surface area contributed by atoms with Crippen molar-refractivity contribution in [3.63, 3.8) is 0 Å². The van der Waals surface area contributed by atoms with Crippen molar-refractivity contribution in [3.8, 4) is 0 Å². The molecule has 0 fully saturated rings. The molecule has 108 valence electrons. The van der Waals surface area contributed by atoms with Gasteiger partial charge in [-0.2, -0.15) is 0 Å². The second-order valence-corrected chi connectivity index (χ2v) is 5.11. The average Bonchev–Trinajstić information content (AvgIpc) is 2.34. The molecular formula is C14H22Cl2N2O. The standard InChI is InChI=1S/C14H21ClN2O.ClH/c1-10(2)14(17-13(18)8-5-9-16)11-6-3-4-7-12(11)15;/h3-4,6-7,10,14H,5,8-9,16H2,1-2H3,(H,17,18);1H. The predicted molar refractivity (Wildman–Crippen MR) is 82.7 cm³/mol. The van der Waals surface area contributed by atoms with Crippen LogP contribution in [0.3, 0.4) is 0 Å². The Balaban J connectivity index is 0.00000324. The predicted octanol–water partition coefficient (Wildman–Crippen LogP) is 3.31. The van der Waals surface area contributed by atoms with Crippen LogP contribution in [0.2, 0.25) is 5.02 Å². The van der Waals surface area contributed by atoms with Gasteiger partial charge in [-0.25, -0.2) is 0 Å². The molecule has 5 heteroatoms. The number of carbonyl (C=O) groups is 1. The van der Waals surface area contributed by atoms with Crippen LogP contribution in [0.5, 0.6) is 0 Å². The van der Waals surface area contributed by atoms with E-state index in [-0.39, 0.29) is 30.3 Å². The summed E-state index contributed by atoms with van der Waals surface area (Å²) in [6.45, 7) is 4.67. The zero-order valence-corrected chi connectivity index (χ0v) is 12.9. The highest BCUT2D eigenvalue weighted by molar-refractivity contribution is 6.31. The molecule has 0 aliphatic heterocycles. The van der Waals surface area contributed by atoms with Gasteiger partial charge in [-0.3, -0.25) is 4.79 Å². The Kier molecular flexibility index (Phi) is 8.81. The van der Waals surface area contributed by atoms with E-state index in [0.29, 0.717) is 24.4 Å². The maximum Gasteiger partial charge on any atom is 0.220 e. The molecule has 3 N–H and O–H groups in total. The largest absolute Gasteiger partial charge is 0.349 e. The maximum absolute atomic E-state index is 11.8. The zero-order valence-electron chi connectivity index (χ0n) is 11.4. The summed E-state index contributed by atoms with van der Waals surface area (Å²) in [5, 5.41) is 3.72. The highest BCUT2D eigenvalue weighted by atomic mass is 35.5. The van der Waals surface area contributed by atoms with E-state index in [4.69, 9.17) is 17.3 Å². The van der Waals surface area contributed by atoms with Crippen LogP contribution in [0.1, 0.15) is 38.3 Å². The average molecular weight is 305 g/mol. The van der Waals surface area contributed by atoms with Crippen LogP contribution < -0.4 is 11.1 Å². The molecule has 1 amide bonds. The first-order chi connectivity index (χ1) is 8.56. The second kappa shape index (κ2) is 9.18. The number of rotatable bonds is 6. The topological polar surface area (TPSA) is 55.1 Å². The Labute approximate surface area is 126 Å². The summed E-state index contributed by atoms with van der Waals surface area (Å²) in [4.78, 5) is 11.8. The van der Waals surface area contributed by atoms with Gasteiger partial charge < -0.3 is 11.1 Å². The lowest BCUT2D eigenvalue weighted by Gasteiger charge is -2.24. The van der Waals surface area contributed by atoms with Crippen molar-refractivity contribution < 1.29 is 4.79 Å². The first-order valence-electron chi connectivity index (χ1n) is 6.30. The molecule has 0 saturated carbocycles. The molecule has 0 aliphatic rings. The van der Waals surface area contributed by atoms with E-state index in [1.54, 1.807) is 0 Å². The molecule has 1 atom stereocenters. The minimum Gasteiger partial charge on any atom is -0.349 e. The molecule has 1 rings (SSSR count). The lowest BCUT2D eigenvalue weighted by Crippen LogP contribution is -2.32. The van der Waals surface area contributed by atoms with Gasteiger partial charge in [0.25, 0.3) is 0 Å². The molecule has 1 aromatic rings. The van der Waals surface area contributed by atoms with E-state index in [9.17, 15) is 4.79 Å². The Morgan fingerprint density at radius 2 is 2.00 bits per heavy atom. The van der Waals surface area contributed by atoms with Crippen molar-refractivity contribution in [1.82, 2.24) is 5.32 Å². The summed E-state index contributed by atoms with van der Waals surface area (Å²) >= 11 is 6.18. The molecule has 0 bridgehead atoms. The van der Waals surface area contributed by atoms with Crippen LogP contribution in [0.4, 0.5) is 0 Å². The summed E-state index contributed by atoms with van der Waals surface area (Å²) in [5.41, 5.74) is 6.37. The number of nitrogens with two attached hydrogens (primary N) is 1. The summed E-state index contributed by atoms with van der Waals surface area (Å²) < 4.78 is 0. The van der Waals surface area contributed by atoms with Gasteiger partial charge in [0.1, 0.15) is 0 Å². The first kappa shape index (κ1) is 18.2. The van der Waals surface area contributed by atoms with E-state index in [0.717, 1.165) is 5.56 Å². The van der Waals surface area contributed by atoms with Crippen molar-refractivity contribution in [2.24, 2.45) is 11.7 Å². The lowest BCUT2D eigenvalue weighted by molar-refractivity contribution is -0.122. The molecule has 0 aromatic heterocycles. The lowest BCUT2D eigenvalue weighted by atomic mass is 9.95. The number of hydrogen-bond donors (Lipinski definition) is 2. The molecule has 3 nitrogen and oxygen atoms in total. The van der Waals surface area contributed by atoms with Crippen molar-refractivity contribution >= 4 is 29.9 Å². The molecule has 0 spiro atoms. The third-order valence-electron chi connectivity index (χ3n) is 2.83. The van der Waals surface area contributed by atoms with Crippen molar-refractivity contribution in [3.05, 3.63) is 34.9 Å². The Morgan fingerprint density at radius 3 is 2.53 bits per heavy atom. The number of carbonyl (C=O) groups excluding carboxylic acids is 1. The first-order valence-corrected chi connectivity index (χ1v) is 6.68. The molecule has 1 unspecified atom stereocenters. The normalized spacial score (nSPS) is 11.8. The van der Waals surface area contributed by atoms with Gasteiger partial charge in [-0.15, -0.1) is 12.4 Å². The molecule has 1 aromatic carbocycles. The van der Waals surface area contributed by atoms with Gasteiger partial charge in [0, 0.05) is 11.4 Å². The highest BCUT2D eigenvalue weighted by Gasteiger charge is 2.19. The van der Waals surface area contributed by atoms with Crippen LogP contribution >= 0.6 is 24.0 Å². The fraction of sp³-hybridized carbons (Fsp3) is 0.500. The third-order valence-corrected chi connectivity index (χ3v) is 3.18. The van der Waals surface area contributed by atoms with E-state index in [1.165, 1.54) is 0 Å². The minimum absolute atomic E-state index is 0. The summed E-state index contributed by atoms with van der Waals surface area (Å²) in [7, 11) is 0. The number of amides is 1. The van der Waals surface area contributed by atoms with Crippen LogP contribution in [0.25, 0.3) is 0 Å². The SMILES string of the molecule is CC(C)C(NC(=O)CCCN)c1ccccc1Cl.Cl. The smallest absolute Gasteiger partial charge is 0.220 e. The number of benzene rings is 1. The van der Waals surface area contributed by atoms with E-state index in [2.05, 4.69) is 19.2 Å². The quantitative estimate of drug-likeness (QED) is 0.847. The Hall–Kier alpha value is -0.770. The number of halogens is 2. The minimum atomic E-state index is -0.0519. The zero-order chi connectivity index (χ0) is 13.5. The van der Waals surface area contributed by atoms with Gasteiger partial charge in [0.15, 0.2) is 0 Å². The molecule has 0 heterocycles. The van der Waals surface area contributed by atoms with Crippen LogP contribution in [0, 0.1) is 5.92 Å². The van der Waals surface area contributed by atoms with Gasteiger partial charge in [-0.1, -0.05) is 43.6 Å². The van der Waals surface area contributed by atoms with Crippen LogP contribution in [-0.4, -0.2) is 12.5 Å². The summed E-state index contributed by atoms with van der Waals surface area (Å²) in [5.74, 6) is 0.311. The van der Waals surface area contributed by atoms with Crippen molar-refractivity contribution in [1.29, 1.82) is 0 Å². The van der Waals surface area contributed by atoms with E-state index >= 15 is 0 Å². The van der Waals surface area contributed by atoms with Gasteiger partial charge in [0.2, 0.25) is 5.91 Å². The fourth-order valence-corrected chi connectivity index (χ4v) is 2.09. The number of nitrogens with one attached hydrogen (secondary N) is 1. The van der Waals surface area contributed by atoms with Crippen molar-refractivity contribution in [2.45, 2.75) is 32.7 Å². The Morgan fingerprint density at radius 1 is 1.37 bits per heavy atom. The van der Waals surface area contributed by atoms with Gasteiger partial charge in [-0.05, 0) is 30.5 Å². The summed E-state index contributed by atoms with van der Waals surface area (Å²) in [6.07, 6.45) is 1.17. The monoisotopic (exact) mass is 304 g/mol. The fourth-order valence-electron chi connectivity index (χ4n) is 1.84. The second-order valence-electron chi connectivity index (χ2n) is 4.70. The summed E-state index contributed by atoms with van der Waals surface area (Å²) in [6, 6.07) is 7.57. The number of hydrogen-bond acceptors (Lipinski definition) is 2. The molecular weight excluding hydrogens is 283 g/mol. The van der Waals surface area contributed by atoms with Crippen LogP contribution in [-0.2, 0) is 4.79 Å². The maximum atomic E-state index is 11.8. The van der Waals surface area contributed by atoms with Gasteiger partial charge >= 0.3 is 0 Å². The van der Waals surface area contributed by atoms with Gasteiger partial charge in [0.05, 0.1) is 6.04 Å². The van der Waals surface area contributed by atoms with E-state index in [1.807, 2.05) is 24.3 Å². The van der Waals surface area contributed by atoms with Crippen molar-refractivity contribution in [2.75, 3.05) is 6.54 Å². The Bertz CT molecular complexity index is 397. The van der Waals surface area contributed by atoms with E-state index < -0.39 is 0 Å². The molecule has 0 aliphatic carbocycles. The molecule has 0 saturated heterocycles. The van der Waals surface area contributed by atoms with Crippen LogP contribution in [0.15, 0.2) is 24.3 Å². The molecule has 0 radical (unpaired) electrons. The molecule has 19 heavy (non-hydrogen) atoms. The third kappa shape index (κ3) is 5.81.